The van der Waals surface area contributed by atoms with E-state index in [4.69, 9.17) is 11.6 Å². The highest BCUT2D eigenvalue weighted by Crippen LogP contribution is 2.27. The minimum atomic E-state index is -0.566. The molecule has 1 heterocycles. The van der Waals surface area contributed by atoms with Gasteiger partial charge < -0.3 is 0 Å². The number of carbonyl (C=O) groups excluding carboxylic acids is 1. The molecule has 26 heavy (non-hydrogen) atoms. The van der Waals surface area contributed by atoms with Crippen molar-refractivity contribution < 1.29 is 9.18 Å². The normalized spacial score (nSPS) is 10.5. The van der Waals surface area contributed by atoms with E-state index in [1.165, 1.54) is 17.4 Å². The number of carbonyl (C=O) groups is 1. The van der Waals surface area contributed by atoms with Crippen LogP contribution in [0.5, 0.6) is 0 Å². The minimum Gasteiger partial charge on any atom is -0.296 e. The molecule has 3 aromatic rings. The molecule has 132 valence electrons. The van der Waals surface area contributed by atoms with Crippen molar-refractivity contribution in [3.8, 4) is 10.6 Å². The lowest BCUT2D eigenvalue weighted by Crippen LogP contribution is -2.14. The lowest BCUT2D eigenvalue weighted by atomic mass is 10.1. The number of benzene rings is 2. The van der Waals surface area contributed by atoms with Crippen molar-refractivity contribution >= 4 is 40.1 Å². The molecule has 0 saturated carbocycles. The minimum absolute atomic E-state index is 0.0419. The fourth-order valence-electron chi connectivity index (χ4n) is 2.37. The van der Waals surface area contributed by atoms with Gasteiger partial charge in [0.25, 0.3) is 5.91 Å². The summed E-state index contributed by atoms with van der Waals surface area (Å²) >= 11 is 6.88. The van der Waals surface area contributed by atoms with Crippen molar-refractivity contribution in [2.24, 2.45) is 0 Å². The molecular formula is C19H15ClFN3OS. The van der Waals surface area contributed by atoms with Gasteiger partial charge in [-0.15, -0.1) is 21.8 Å². The lowest BCUT2D eigenvalue weighted by molar-refractivity contribution is 0.102. The van der Waals surface area contributed by atoms with Crippen molar-refractivity contribution in [3.05, 3.63) is 71.6 Å². The van der Waals surface area contributed by atoms with Gasteiger partial charge in [0.2, 0.25) is 5.13 Å². The Morgan fingerprint density at radius 2 is 2.00 bits per heavy atom. The Bertz CT molecular complexity index is 940. The van der Waals surface area contributed by atoms with Crippen molar-refractivity contribution in [2.75, 3.05) is 11.2 Å². The highest BCUT2D eigenvalue weighted by molar-refractivity contribution is 7.18. The van der Waals surface area contributed by atoms with Crippen LogP contribution in [0, 0.1) is 5.82 Å². The predicted octanol–water partition coefficient (Wildman–Crippen LogP) is 5.02. The van der Waals surface area contributed by atoms with E-state index in [-0.39, 0.29) is 11.4 Å². The summed E-state index contributed by atoms with van der Waals surface area (Å²) in [7, 11) is 0. The Hall–Kier alpha value is -2.57. The second-order valence-corrected chi connectivity index (χ2v) is 6.77. The average Bonchev–Trinajstić information content (AvgIpc) is 3.12. The van der Waals surface area contributed by atoms with Crippen LogP contribution in [0.1, 0.15) is 21.5 Å². The number of aromatic nitrogens is 2. The Kier molecular flexibility index (Phi) is 5.75. The number of nitrogens with zero attached hydrogens (tertiary/aromatic N) is 2. The third-order valence-electron chi connectivity index (χ3n) is 3.73. The zero-order valence-corrected chi connectivity index (χ0v) is 15.3. The number of hydrogen-bond donors (Lipinski definition) is 1. The average molecular weight is 388 g/mol. The number of nitrogens with one attached hydrogen (secondary N) is 1. The van der Waals surface area contributed by atoms with Crippen LogP contribution in [0.3, 0.4) is 0 Å². The van der Waals surface area contributed by atoms with Gasteiger partial charge >= 0.3 is 0 Å². The maximum absolute atomic E-state index is 14.4. The molecule has 0 saturated heterocycles. The van der Waals surface area contributed by atoms with E-state index in [0.29, 0.717) is 22.1 Å². The maximum atomic E-state index is 14.4. The van der Waals surface area contributed by atoms with Crippen molar-refractivity contribution in [3.63, 3.8) is 0 Å². The van der Waals surface area contributed by atoms with Crippen LogP contribution in [0.15, 0.2) is 49.0 Å². The first-order valence-electron chi connectivity index (χ1n) is 7.83. The Morgan fingerprint density at radius 3 is 2.69 bits per heavy atom. The van der Waals surface area contributed by atoms with E-state index >= 15 is 0 Å². The van der Waals surface area contributed by atoms with Crippen LogP contribution >= 0.6 is 22.9 Å². The van der Waals surface area contributed by atoms with Gasteiger partial charge in [-0.25, -0.2) is 4.39 Å². The van der Waals surface area contributed by atoms with Crippen LogP contribution in [0.4, 0.5) is 9.52 Å². The number of alkyl halides is 1. The first-order valence-corrected chi connectivity index (χ1v) is 9.18. The van der Waals surface area contributed by atoms with Gasteiger partial charge in [0.1, 0.15) is 10.8 Å². The third-order valence-corrected chi connectivity index (χ3v) is 4.80. The first-order chi connectivity index (χ1) is 12.6. The van der Waals surface area contributed by atoms with Gasteiger partial charge in [0, 0.05) is 11.4 Å². The van der Waals surface area contributed by atoms with Crippen molar-refractivity contribution in [2.45, 2.75) is 6.42 Å². The molecular weight excluding hydrogens is 373 g/mol. The molecule has 1 aromatic heterocycles. The van der Waals surface area contributed by atoms with Gasteiger partial charge in [-0.3, -0.25) is 10.1 Å². The largest absolute Gasteiger partial charge is 0.296 e. The van der Waals surface area contributed by atoms with Crippen LogP contribution in [0.2, 0.25) is 0 Å². The Balaban J connectivity index is 1.77. The second-order valence-electron chi connectivity index (χ2n) is 5.41. The van der Waals surface area contributed by atoms with Gasteiger partial charge in [-0.05, 0) is 23.6 Å². The van der Waals surface area contributed by atoms with Gasteiger partial charge in [-0.1, -0.05) is 60.4 Å². The van der Waals surface area contributed by atoms with Crippen LogP contribution in [-0.4, -0.2) is 22.0 Å². The zero-order chi connectivity index (χ0) is 18.5. The maximum Gasteiger partial charge on any atom is 0.260 e. The molecule has 0 atom stereocenters. The summed E-state index contributed by atoms with van der Waals surface area (Å²) in [5.74, 6) is -0.842. The van der Waals surface area contributed by atoms with E-state index in [1.807, 2.05) is 24.3 Å². The Labute approximate surface area is 159 Å². The van der Waals surface area contributed by atoms with E-state index in [2.05, 4.69) is 22.1 Å². The van der Waals surface area contributed by atoms with E-state index in [1.54, 1.807) is 18.2 Å². The molecule has 0 unspecified atom stereocenters. The molecule has 4 nitrogen and oxygen atoms in total. The van der Waals surface area contributed by atoms with Crippen LogP contribution in [0.25, 0.3) is 16.6 Å². The smallest absolute Gasteiger partial charge is 0.260 e. The van der Waals surface area contributed by atoms with Crippen molar-refractivity contribution in [1.29, 1.82) is 0 Å². The highest BCUT2D eigenvalue weighted by atomic mass is 35.5. The summed E-state index contributed by atoms with van der Waals surface area (Å²) in [5.41, 5.74) is 2.25. The van der Waals surface area contributed by atoms with Crippen molar-refractivity contribution in [1.82, 2.24) is 10.2 Å². The number of aryl methyl sites for hydroxylation is 1. The fraction of sp³-hybridized carbons (Fsp3) is 0.105. The number of hydrogen-bond acceptors (Lipinski definition) is 4. The standard InChI is InChI=1S/C19H15ClFN3OS/c1-2-12-6-8-14(9-7-12)18-23-24-19(26-18)22-17(25)15-5-3-4-13(10-11-20)16(15)21/h2-9H,1,10-11H2,(H,22,24,25). The van der Waals surface area contributed by atoms with E-state index in [0.717, 1.165) is 11.1 Å². The third kappa shape index (κ3) is 3.98. The number of anilines is 1. The molecule has 0 radical (unpaired) electrons. The summed E-state index contributed by atoms with van der Waals surface area (Å²) in [4.78, 5) is 12.4. The topological polar surface area (TPSA) is 54.9 Å². The molecule has 0 spiro atoms. The number of rotatable bonds is 6. The molecule has 1 N–H and O–H groups in total. The monoisotopic (exact) mass is 387 g/mol. The van der Waals surface area contributed by atoms with E-state index < -0.39 is 11.7 Å². The molecule has 0 aliphatic carbocycles. The molecule has 2 aromatic carbocycles. The molecule has 0 aliphatic heterocycles. The fourth-order valence-corrected chi connectivity index (χ4v) is 3.31. The molecule has 3 rings (SSSR count). The molecule has 1 amide bonds. The van der Waals surface area contributed by atoms with Gasteiger partial charge in [0.05, 0.1) is 5.56 Å². The number of amides is 1. The van der Waals surface area contributed by atoms with Gasteiger partial charge in [0.15, 0.2) is 0 Å². The second kappa shape index (κ2) is 8.21. The highest BCUT2D eigenvalue weighted by Gasteiger charge is 2.17. The first kappa shape index (κ1) is 18.2. The Morgan fingerprint density at radius 1 is 1.23 bits per heavy atom. The summed E-state index contributed by atoms with van der Waals surface area (Å²) in [6.45, 7) is 3.71. The molecule has 0 aliphatic rings. The lowest BCUT2D eigenvalue weighted by Gasteiger charge is -2.06. The summed E-state index contributed by atoms with van der Waals surface area (Å²) in [6, 6.07) is 12.3. The van der Waals surface area contributed by atoms with E-state index in [9.17, 15) is 9.18 Å². The molecule has 7 heteroatoms. The summed E-state index contributed by atoms with van der Waals surface area (Å²) in [5, 5.41) is 11.6. The predicted molar refractivity (Wildman–Crippen MR) is 104 cm³/mol. The summed E-state index contributed by atoms with van der Waals surface area (Å²) in [6.07, 6.45) is 2.11. The summed E-state index contributed by atoms with van der Waals surface area (Å²) < 4.78 is 14.4. The molecule has 0 fully saturated rings. The molecule has 0 bridgehead atoms. The van der Waals surface area contributed by atoms with Gasteiger partial charge in [-0.2, -0.15) is 0 Å². The van der Waals surface area contributed by atoms with Crippen LogP contribution in [-0.2, 0) is 6.42 Å². The SMILES string of the molecule is C=Cc1ccc(-c2nnc(NC(=O)c3cccc(CCCl)c3F)s2)cc1. The quantitative estimate of drug-likeness (QED) is 0.604. The number of halogens is 2. The van der Waals surface area contributed by atoms with Crippen LogP contribution < -0.4 is 5.32 Å². The zero-order valence-electron chi connectivity index (χ0n) is 13.7.